The lowest BCUT2D eigenvalue weighted by Crippen LogP contribution is -2.19. The van der Waals surface area contributed by atoms with Crippen LogP contribution in [0.15, 0.2) is 42.5 Å². The highest BCUT2D eigenvalue weighted by Gasteiger charge is 2.07. The van der Waals surface area contributed by atoms with Crippen molar-refractivity contribution in [2.24, 2.45) is 7.05 Å². The molecule has 6 heteroatoms. The number of aromatic nitrogens is 1. The molecule has 0 aliphatic carbocycles. The van der Waals surface area contributed by atoms with Crippen LogP contribution in [0, 0.1) is 5.82 Å². The third-order valence-electron chi connectivity index (χ3n) is 3.51. The van der Waals surface area contributed by atoms with Crippen LogP contribution in [-0.4, -0.2) is 21.5 Å². The van der Waals surface area contributed by atoms with Gasteiger partial charge in [0.15, 0.2) is 5.78 Å². The van der Waals surface area contributed by atoms with Gasteiger partial charge in [-0.1, -0.05) is 12.1 Å². The van der Waals surface area contributed by atoms with Gasteiger partial charge in [0.05, 0.1) is 0 Å². The molecule has 0 fully saturated rings. The zero-order valence-electron chi connectivity index (χ0n) is 12.6. The van der Waals surface area contributed by atoms with E-state index < -0.39 is 11.7 Å². The van der Waals surface area contributed by atoms with Gasteiger partial charge in [-0.3, -0.25) is 14.8 Å². The van der Waals surface area contributed by atoms with E-state index in [2.05, 4.69) is 0 Å². The van der Waals surface area contributed by atoms with E-state index in [0.29, 0.717) is 6.42 Å². The number of carbonyl (C=O) groups excluding carboxylic acids is 2. The number of benzene rings is 1. The number of aryl methyl sites for hydroxylation is 1. The van der Waals surface area contributed by atoms with Crippen molar-refractivity contribution in [1.29, 1.82) is 0 Å². The highest BCUT2D eigenvalue weighted by Crippen LogP contribution is 2.12. The monoisotopic (exact) mass is 316 g/mol. The molecule has 1 amide bonds. The summed E-state index contributed by atoms with van der Waals surface area (Å²) in [6.07, 6.45) is 3.66. The lowest BCUT2D eigenvalue weighted by molar-refractivity contribution is -0.129. The van der Waals surface area contributed by atoms with Crippen LogP contribution in [0.5, 0.6) is 0 Å². The Morgan fingerprint density at radius 2 is 2.09 bits per heavy atom. The summed E-state index contributed by atoms with van der Waals surface area (Å²) in [5.74, 6) is -1.19. The lowest BCUT2D eigenvalue weighted by Gasteiger charge is -2.04. The van der Waals surface area contributed by atoms with Gasteiger partial charge in [-0.15, -0.1) is 0 Å². The van der Waals surface area contributed by atoms with Gasteiger partial charge in [0.2, 0.25) is 5.91 Å². The second-order valence-corrected chi connectivity index (χ2v) is 5.05. The number of carbonyl (C=O) groups is 2. The predicted octanol–water partition coefficient (Wildman–Crippen LogP) is 2.50. The zero-order chi connectivity index (χ0) is 16.8. The predicted molar refractivity (Wildman–Crippen MR) is 83.4 cm³/mol. The Balaban J connectivity index is 2.07. The van der Waals surface area contributed by atoms with Crippen LogP contribution in [0.3, 0.4) is 0 Å². The van der Waals surface area contributed by atoms with Crippen molar-refractivity contribution in [2.45, 2.75) is 12.8 Å². The molecule has 0 unspecified atom stereocenters. The molecule has 0 aliphatic heterocycles. The summed E-state index contributed by atoms with van der Waals surface area (Å²) in [6, 6.07) is 9.19. The minimum atomic E-state index is -0.454. The first-order valence-corrected chi connectivity index (χ1v) is 7.07. The van der Waals surface area contributed by atoms with Gasteiger partial charge in [-0.25, -0.2) is 9.87 Å². The Kier molecular flexibility index (Phi) is 5.43. The molecule has 23 heavy (non-hydrogen) atoms. The minimum Gasteiger partial charge on any atom is -0.348 e. The zero-order valence-corrected chi connectivity index (χ0v) is 12.6. The van der Waals surface area contributed by atoms with E-state index in [-0.39, 0.29) is 17.8 Å². The van der Waals surface area contributed by atoms with Crippen molar-refractivity contribution in [2.75, 3.05) is 0 Å². The summed E-state index contributed by atoms with van der Waals surface area (Å²) < 4.78 is 15.0. The van der Waals surface area contributed by atoms with E-state index in [0.717, 1.165) is 11.4 Å². The first-order valence-electron chi connectivity index (χ1n) is 7.07. The number of nitrogens with one attached hydrogen (secondary N) is 1. The average Bonchev–Trinajstić information content (AvgIpc) is 2.90. The molecule has 2 aromatic rings. The molecular weight excluding hydrogens is 299 g/mol. The summed E-state index contributed by atoms with van der Waals surface area (Å²) in [6.45, 7) is 0. The van der Waals surface area contributed by atoms with E-state index >= 15 is 0 Å². The molecule has 2 N–H and O–H groups in total. The molecule has 0 atom stereocenters. The third-order valence-corrected chi connectivity index (χ3v) is 3.51. The first-order chi connectivity index (χ1) is 11.0. The molecule has 0 radical (unpaired) electrons. The molecule has 0 bridgehead atoms. The molecule has 0 saturated heterocycles. The summed E-state index contributed by atoms with van der Waals surface area (Å²) in [5.41, 5.74) is 3.56. The molecule has 1 aromatic heterocycles. The van der Waals surface area contributed by atoms with Gasteiger partial charge in [0.1, 0.15) is 5.82 Å². The number of halogens is 1. The van der Waals surface area contributed by atoms with Crippen LogP contribution in [-0.2, 0) is 18.3 Å². The number of amides is 1. The molecule has 0 saturated carbocycles. The second-order valence-electron chi connectivity index (χ2n) is 5.05. The molecule has 120 valence electrons. The molecular formula is C17H17FN2O3. The van der Waals surface area contributed by atoms with E-state index in [1.54, 1.807) is 17.6 Å². The normalized spacial score (nSPS) is 10.9. The van der Waals surface area contributed by atoms with E-state index in [4.69, 9.17) is 5.21 Å². The Morgan fingerprint density at radius 1 is 1.30 bits per heavy atom. The molecule has 1 aromatic carbocycles. The van der Waals surface area contributed by atoms with E-state index in [1.165, 1.54) is 24.3 Å². The van der Waals surface area contributed by atoms with Gasteiger partial charge in [0.25, 0.3) is 0 Å². The largest absolute Gasteiger partial charge is 0.348 e. The smallest absolute Gasteiger partial charge is 0.243 e. The molecule has 0 spiro atoms. The number of hydrogen-bond donors (Lipinski definition) is 2. The van der Waals surface area contributed by atoms with Crippen molar-refractivity contribution >= 4 is 17.8 Å². The van der Waals surface area contributed by atoms with Gasteiger partial charge in [0, 0.05) is 30.4 Å². The van der Waals surface area contributed by atoms with E-state index in [1.807, 2.05) is 23.7 Å². The molecule has 1 heterocycles. The number of rotatable bonds is 6. The molecule has 5 nitrogen and oxygen atoms in total. The lowest BCUT2D eigenvalue weighted by atomic mass is 10.1. The maximum atomic E-state index is 13.1. The van der Waals surface area contributed by atoms with Crippen LogP contribution >= 0.6 is 0 Å². The summed E-state index contributed by atoms with van der Waals surface area (Å²) in [7, 11) is 1.82. The fourth-order valence-electron chi connectivity index (χ4n) is 2.19. The Morgan fingerprint density at radius 3 is 2.78 bits per heavy atom. The quantitative estimate of drug-likeness (QED) is 0.372. The van der Waals surface area contributed by atoms with Crippen LogP contribution in [0.2, 0.25) is 0 Å². The summed E-state index contributed by atoms with van der Waals surface area (Å²) >= 11 is 0. The van der Waals surface area contributed by atoms with Gasteiger partial charge >= 0.3 is 0 Å². The third kappa shape index (κ3) is 4.37. The topological polar surface area (TPSA) is 71.3 Å². The van der Waals surface area contributed by atoms with Crippen LogP contribution in [0.1, 0.15) is 28.2 Å². The van der Waals surface area contributed by atoms with Crippen LogP contribution in [0.4, 0.5) is 4.39 Å². The molecule has 2 rings (SSSR count). The standard InChI is InChI=1S/C17H17FN2O3/c1-20-14(5-6-15(20)8-10-17(22)19-23)7-9-16(21)12-3-2-4-13(18)11-12/h2-7,9,11,23H,8,10H2,1H3,(H,19,22)/b9-7+. The number of hydrogen-bond acceptors (Lipinski definition) is 3. The number of ketones is 1. The fraction of sp³-hybridized carbons (Fsp3) is 0.176. The first kappa shape index (κ1) is 16.6. The van der Waals surface area contributed by atoms with Crippen LogP contribution < -0.4 is 5.48 Å². The van der Waals surface area contributed by atoms with Gasteiger partial charge < -0.3 is 4.57 Å². The summed E-state index contributed by atoms with van der Waals surface area (Å²) in [5, 5.41) is 8.48. The average molecular weight is 316 g/mol. The maximum Gasteiger partial charge on any atom is 0.243 e. The summed E-state index contributed by atoms with van der Waals surface area (Å²) in [4.78, 5) is 23.0. The van der Waals surface area contributed by atoms with E-state index in [9.17, 15) is 14.0 Å². The number of nitrogens with zero attached hydrogens (tertiary/aromatic N) is 1. The van der Waals surface area contributed by atoms with Crippen molar-refractivity contribution in [3.05, 3.63) is 65.2 Å². The van der Waals surface area contributed by atoms with Crippen molar-refractivity contribution in [3.8, 4) is 0 Å². The highest BCUT2D eigenvalue weighted by atomic mass is 19.1. The Labute approximate surface area is 133 Å². The second kappa shape index (κ2) is 7.51. The van der Waals surface area contributed by atoms with Crippen LogP contribution in [0.25, 0.3) is 6.08 Å². The maximum absolute atomic E-state index is 13.1. The minimum absolute atomic E-state index is 0.166. The highest BCUT2D eigenvalue weighted by molar-refractivity contribution is 6.06. The Bertz CT molecular complexity index is 750. The Hall–Kier alpha value is -2.73. The van der Waals surface area contributed by atoms with Gasteiger partial charge in [-0.05, 0) is 42.8 Å². The van der Waals surface area contributed by atoms with Crippen molar-refractivity contribution in [3.63, 3.8) is 0 Å². The SMILES string of the molecule is Cn1c(/C=C/C(=O)c2cccc(F)c2)ccc1CCC(=O)NO. The van der Waals surface area contributed by atoms with Gasteiger partial charge in [-0.2, -0.15) is 0 Å². The molecule has 0 aliphatic rings. The number of hydroxylamine groups is 1. The van der Waals surface area contributed by atoms with Crippen molar-refractivity contribution < 1.29 is 19.2 Å². The fourth-order valence-corrected chi connectivity index (χ4v) is 2.19. The van der Waals surface area contributed by atoms with Crippen molar-refractivity contribution in [1.82, 2.24) is 10.0 Å². The number of allylic oxidation sites excluding steroid dienone is 1.